The summed E-state index contributed by atoms with van der Waals surface area (Å²) in [5.74, 6) is 0. The Morgan fingerprint density at radius 3 is 2.69 bits per heavy atom. The summed E-state index contributed by atoms with van der Waals surface area (Å²) in [6.45, 7) is 7.74. The van der Waals surface area contributed by atoms with Crippen LogP contribution < -0.4 is 10.2 Å². The summed E-state index contributed by atoms with van der Waals surface area (Å²) >= 11 is 1.54. The zero-order chi connectivity index (χ0) is 21.0. The van der Waals surface area contributed by atoms with Crippen LogP contribution in [0.3, 0.4) is 0 Å². The lowest BCUT2D eigenvalue weighted by molar-refractivity contribution is 0.156. The number of aryl methyl sites for hydroxylation is 2. The monoisotopic (exact) mass is 408 g/mol. The number of carbonyl (C=O) groups excluding carboxylic acids is 1. The molecule has 0 bridgehead atoms. The van der Waals surface area contributed by atoms with E-state index in [9.17, 15) is 4.79 Å². The first-order chi connectivity index (χ1) is 13.9. The normalized spacial score (nSPS) is 10.5. The molecule has 3 aromatic rings. The molecule has 3 rings (SSSR count). The second-order valence-electron chi connectivity index (χ2n) is 6.80. The molecule has 0 atom stereocenters. The number of nitrogens with zero attached hydrogens (tertiary/aromatic N) is 3. The molecule has 29 heavy (non-hydrogen) atoms. The van der Waals surface area contributed by atoms with Crippen LogP contribution >= 0.6 is 11.3 Å². The lowest BCUT2D eigenvalue weighted by Crippen LogP contribution is -2.14. The maximum Gasteiger partial charge on any atom is 0.411 e. The predicted octanol–water partition coefficient (Wildman–Crippen LogP) is 5.57. The van der Waals surface area contributed by atoms with Crippen molar-refractivity contribution in [2.24, 2.45) is 4.99 Å². The van der Waals surface area contributed by atoms with Crippen molar-refractivity contribution in [1.82, 2.24) is 4.98 Å². The first kappa shape index (κ1) is 20.5. The van der Waals surface area contributed by atoms with Gasteiger partial charge < -0.3 is 9.64 Å². The van der Waals surface area contributed by atoms with Gasteiger partial charge in [0.05, 0.1) is 21.9 Å². The van der Waals surface area contributed by atoms with Gasteiger partial charge in [-0.15, -0.1) is 11.3 Å². The largest absolute Gasteiger partial charge is 0.444 e. The highest BCUT2D eigenvalue weighted by atomic mass is 32.1. The van der Waals surface area contributed by atoms with Crippen LogP contribution in [0.1, 0.15) is 16.1 Å². The molecule has 0 unspecified atom stereocenters. The molecule has 6 nitrogen and oxygen atoms in total. The van der Waals surface area contributed by atoms with Gasteiger partial charge in [-0.05, 0) is 44.3 Å². The second kappa shape index (κ2) is 8.87. The van der Waals surface area contributed by atoms with Crippen LogP contribution in [0.25, 0.3) is 10.6 Å². The number of hydrogen-bond donors (Lipinski definition) is 1. The molecule has 0 saturated heterocycles. The molecule has 2 aromatic carbocycles. The smallest absolute Gasteiger partial charge is 0.411 e. The fourth-order valence-corrected chi connectivity index (χ4v) is 3.95. The third-order valence-electron chi connectivity index (χ3n) is 4.48. The van der Waals surface area contributed by atoms with Gasteiger partial charge in [0, 0.05) is 25.3 Å². The van der Waals surface area contributed by atoms with Gasteiger partial charge >= 0.3 is 6.09 Å². The third-order valence-corrected chi connectivity index (χ3v) is 5.64. The summed E-state index contributed by atoms with van der Waals surface area (Å²) in [6.07, 6.45) is -0.525. The Morgan fingerprint density at radius 1 is 1.24 bits per heavy atom. The Balaban J connectivity index is 1.66. The van der Waals surface area contributed by atoms with Gasteiger partial charge in [-0.25, -0.2) is 9.78 Å². The van der Waals surface area contributed by atoms with Gasteiger partial charge in [0.2, 0.25) is 0 Å². The van der Waals surface area contributed by atoms with E-state index in [2.05, 4.69) is 35.0 Å². The molecule has 1 heterocycles. The maximum absolute atomic E-state index is 12.2. The molecule has 0 aliphatic rings. The van der Waals surface area contributed by atoms with E-state index >= 15 is 0 Å². The van der Waals surface area contributed by atoms with Gasteiger partial charge in [0.1, 0.15) is 11.6 Å². The second-order valence-corrected chi connectivity index (χ2v) is 7.88. The minimum absolute atomic E-state index is 0.170. The van der Waals surface area contributed by atoms with E-state index in [-0.39, 0.29) is 6.61 Å². The van der Waals surface area contributed by atoms with Crippen molar-refractivity contribution in [2.45, 2.75) is 20.5 Å². The first-order valence-corrected chi connectivity index (χ1v) is 9.95. The molecule has 0 spiro atoms. The van der Waals surface area contributed by atoms with Gasteiger partial charge in [0.15, 0.2) is 0 Å². The lowest BCUT2D eigenvalue weighted by atomic mass is 10.1. The van der Waals surface area contributed by atoms with E-state index in [1.165, 1.54) is 5.56 Å². The molecule has 1 amide bonds. The summed E-state index contributed by atoms with van der Waals surface area (Å²) in [6, 6.07) is 13.6. The number of aliphatic imine (C=N–C) groups is 1. The van der Waals surface area contributed by atoms with Crippen LogP contribution in [0.4, 0.5) is 21.9 Å². The number of hydrogen-bond acceptors (Lipinski definition) is 6. The molecule has 0 saturated carbocycles. The number of aromatic nitrogens is 1. The number of nitrogens with one attached hydrogen (secondary N) is 1. The van der Waals surface area contributed by atoms with Gasteiger partial charge in [-0.1, -0.05) is 24.3 Å². The lowest BCUT2D eigenvalue weighted by Gasteiger charge is -2.16. The third kappa shape index (κ3) is 4.81. The molecule has 1 aromatic heterocycles. The number of rotatable bonds is 6. The minimum Gasteiger partial charge on any atom is -0.444 e. The highest BCUT2D eigenvalue weighted by Gasteiger charge is 2.13. The predicted molar refractivity (Wildman–Crippen MR) is 121 cm³/mol. The van der Waals surface area contributed by atoms with E-state index in [4.69, 9.17) is 4.74 Å². The summed E-state index contributed by atoms with van der Waals surface area (Å²) in [5.41, 5.74) is 5.34. The number of benzene rings is 2. The average molecular weight is 409 g/mol. The Hall–Kier alpha value is -3.19. The van der Waals surface area contributed by atoms with E-state index in [0.29, 0.717) is 11.4 Å². The van der Waals surface area contributed by atoms with Crippen molar-refractivity contribution in [1.29, 1.82) is 0 Å². The van der Waals surface area contributed by atoms with Gasteiger partial charge in [0.25, 0.3) is 0 Å². The topological polar surface area (TPSA) is 66.8 Å². The Bertz CT molecular complexity index is 1040. The maximum atomic E-state index is 12.2. The number of thiazole rings is 1. The van der Waals surface area contributed by atoms with E-state index in [1.54, 1.807) is 23.5 Å². The Kier molecular flexibility index (Phi) is 6.29. The zero-order valence-electron chi connectivity index (χ0n) is 17.0. The van der Waals surface area contributed by atoms with Crippen molar-refractivity contribution in [2.75, 3.05) is 24.3 Å². The fraction of sp³-hybridized carbons (Fsp3) is 0.227. The summed E-state index contributed by atoms with van der Waals surface area (Å²) < 4.78 is 5.41. The van der Waals surface area contributed by atoms with Crippen molar-refractivity contribution in [3.05, 3.63) is 58.6 Å². The molecule has 0 aliphatic carbocycles. The van der Waals surface area contributed by atoms with Crippen LogP contribution in [0.5, 0.6) is 0 Å². The minimum atomic E-state index is -0.525. The molecule has 150 valence electrons. The van der Waals surface area contributed by atoms with Gasteiger partial charge in [-0.2, -0.15) is 0 Å². The number of amides is 1. The Morgan fingerprint density at radius 2 is 2.00 bits per heavy atom. The van der Waals surface area contributed by atoms with E-state index < -0.39 is 6.09 Å². The van der Waals surface area contributed by atoms with Crippen LogP contribution in [0, 0.1) is 13.8 Å². The molecule has 1 N–H and O–H groups in total. The summed E-state index contributed by atoms with van der Waals surface area (Å²) in [5, 5.41) is 3.67. The van der Waals surface area contributed by atoms with E-state index in [0.717, 1.165) is 26.8 Å². The number of carbonyl (C=O) groups is 1. The van der Waals surface area contributed by atoms with Crippen molar-refractivity contribution in [3.8, 4) is 10.6 Å². The van der Waals surface area contributed by atoms with Crippen molar-refractivity contribution >= 4 is 41.2 Å². The molecular weight excluding hydrogens is 384 g/mol. The number of ether oxygens (including phenoxy) is 1. The Labute approximate surface area is 174 Å². The van der Waals surface area contributed by atoms with Crippen molar-refractivity contribution in [3.63, 3.8) is 0 Å². The fourth-order valence-electron chi connectivity index (χ4n) is 2.88. The SMILES string of the molecule is C=Nc1cc(NC(=O)OCc2sc(-c3ccccc3C)nc2C)ccc1N(C)C. The molecular formula is C22H24N4O2S. The molecule has 0 radical (unpaired) electrons. The molecule has 7 heteroatoms. The highest BCUT2D eigenvalue weighted by molar-refractivity contribution is 7.15. The molecule has 0 fully saturated rings. The zero-order valence-corrected chi connectivity index (χ0v) is 17.8. The van der Waals surface area contributed by atoms with Crippen molar-refractivity contribution < 1.29 is 9.53 Å². The van der Waals surface area contributed by atoms with Gasteiger partial charge in [-0.3, -0.25) is 10.3 Å². The van der Waals surface area contributed by atoms with Crippen LogP contribution in [-0.4, -0.2) is 31.9 Å². The average Bonchev–Trinajstić information content (AvgIpc) is 3.06. The standard InChI is InChI=1S/C22H24N4O2S/c1-14-8-6-7-9-17(14)21-24-15(2)20(29-21)13-28-22(27)25-16-10-11-19(26(4)5)18(12-16)23-3/h6-12H,3,13H2,1-2,4-5H3,(H,25,27). The highest BCUT2D eigenvalue weighted by Crippen LogP contribution is 2.31. The van der Waals surface area contributed by atoms with Crippen LogP contribution in [0.2, 0.25) is 0 Å². The quantitative estimate of drug-likeness (QED) is 0.541. The number of anilines is 2. The molecule has 0 aliphatic heterocycles. The summed E-state index contributed by atoms with van der Waals surface area (Å²) in [4.78, 5) is 23.8. The summed E-state index contributed by atoms with van der Waals surface area (Å²) in [7, 11) is 3.85. The van der Waals surface area contributed by atoms with Crippen LogP contribution in [0.15, 0.2) is 47.5 Å². The first-order valence-electron chi connectivity index (χ1n) is 9.13. The van der Waals surface area contributed by atoms with Crippen LogP contribution in [-0.2, 0) is 11.3 Å². The van der Waals surface area contributed by atoms with E-state index in [1.807, 2.05) is 50.2 Å².